The summed E-state index contributed by atoms with van der Waals surface area (Å²) in [6.45, 7) is 0. The largest absolute Gasteiger partial charge is 0.272 e. The third kappa shape index (κ3) is 3.25. The highest BCUT2D eigenvalue weighted by atomic mass is 32.2. The molecule has 2 aromatic carbocycles. The van der Waals surface area contributed by atoms with Crippen LogP contribution >= 0.6 is 34.4 Å². The second kappa shape index (κ2) is 8.03. The van der Waals surface area contributed by atoms with Gasteiger partial charge in [-0.05, 0) is 65.5 Å². The topological polar surface area (TPSA) is 34.4 Å². The molecule has 0 N–H and O–H groups in total. The zero-order valence-electron chi connectivity index (χ0n) is 17.4. The van der Waals surface area contributed by atoms with E-state index in [-0.39, 0.29) is 11.6 Å². The number of rotatable bonds is 3. The first-order valence-electron chi connectivity index (χ1n) is 10.5. The molecule has 3 nitrogen and oxygen atoms in total. The van der Waals surface area contributed by atoms with Crippen molar-refractivity contribution in [3.05, 3.63) is 113 Å². The molecule has 2 aliphatic rings. The van der Waals surface area contributed by atoms with Crippen LogP contribution in [0.1, 0.15) is 34.0 Å². The molecule has 0 bridgehead atoms. The van der Waals surface area contributed by atoms with Gasteiger partial charge >= 0.3 is 0 Å². The van der Waals surface area contributed by atoms with Gasteiger partial charge in [-0.2, -0.15) is 0 Å². The van der Waals surface area contributed by atoms with Crippen molar-refractivity contribution < 1.29 is 0 Å². The zero-order chi connectivity index (χ0) is 21.7. The summed E-state index contributed by atoms with van der Waals surface area (Å²) in [5.41, 5.74) is 6.03. The van der Waals surface area contributed by atoms with Crippen LogP contribution in [0.3, 0.4) is 0 Å². The quantitative estimate of drug-likeness (QED) is 0.389. The predicted molar refractivity (Wildman–Crippen MR) is 135 cm³/mol. The highest BCUT2D eigenvalue weighted by molar-refractivity contribution is 7.98. The molecule has 6 rings (SSSR count). The van der Waals surface area contributed by atoms with E-state index >= 15 is 0 Å². The van der Waals surface area contributed by atoms with Gasteiger partial charge in [-0.3, -0.25) is 9.36 Å². The Morgan fingerprint density at radius 3 is 2.69 bits per heavy atom. The maximum atomic E-state index is 13.6. The first-order chi connectivity index (χ1) is 15.7. The Balaban J connectivity index is 1.63. The fourth-order valence-corrected chi connectivity index (χ4v) is 6.74. The lowest BCUT2D eigenvalue weighted by atomic mass is 9.83. The average molecular weight is 473 g/mol. The maximum Gasteiger partial charge on any atom is 0.271 e. The number of hydrogen-bond donors (Lipinski definition) is 0. The van der Waals surface area contributed by atoms with Gasteiger partial charge in [0.15, 0.2) is 4.80 Å². The molecule has 0 saturated carbocycles. The van der Waals surface area contributed by atoms with E-state index in [9.17, 15) is 4.79 Å². The molecule has 3 heterocycles. The number of nitrogens with zero attached hydrogens (tertiary/aromatic N) is 2. The van der Waals surface area contributed by atoms with E-state index in [4.69, 9.17) is 4.99 Å². The second-order valence-corrected chi connectivity index (χ2v) is 10.8. The molecule has 0 amide bonds. The number of thiophene rings is 1. The normalized spacial score (nSPS) is 17.5. The Bertz CT molecular complexity index is 1520. The molecule has 1 aliphatic heterocycles. The molecule has 1 atom stereocenters. The molecule has 0 saturated heterocycles. The van der Waals surface area contributed by atoms with E-state index in [1.165, 1.54) is 32.9 Å². The molecule has 4 aromatic rings. The van der Waals surface area contributed by atoms with E-state index in [0.717, 1.165) is 38.3 Å². The van der Waals surface area contributed by atoms with Crippen LogP contribution in [-0.2, 0) is 6.42 Å². The van der Waals surface area contributed by atoms with Gasteiger partial charge in [-0.1, -0.05) is 53.8 Å². The highest BCUT2D eigenvalue weighted by Gasteiger charge is 2.32. The molecule has 158 valence electrons. The van der Waals surface area contributed by atoms with Gasteiger partial charge < -0.3 is 0 Å². The Morgan fingerprint density at radius 2 is 1.91 bits per heavy atom. The SMILES string of the molecule is CSc1ccc([C@@H]2C3=C(N=c4s/c(=C\c5cccs5)c(=O)n42)c2ccccc2CC3)cc1. The minimum atomic E-state index is -0.115. The first-order valence-corrected chi connectivity index (χ1v) is 13.5. The predicted octanol–water partition coefficient (Wildman–Crippen LogP) is 5.10. The van der Waals surface area contributed by atoms with Gasteiger partial charge in [0, 0.05) is 15.3 Å². The van der Waals surface area contributed by atoms with E-state index < -0.39 is 0 Å². The van der Waals surface area contributed by atoms with E-state index in [0.29, 0.717) is 0 Å². The van der Waals surface area contributed by atoms with Crippen LogP contribution in [-0.4, -0.2) is 10.8 Å². The lowest BCUT2D eigenvalue weighted by Gasteiger charge is -2.30. The number of allylic oxidation sites excluding steroid dienone is 1. The summed E-state index contributed by atoms with van der Waals surface area (Å²) in [7, 11) is 0. The van der Waals surface area contributed by atoms with Crippen molar-refractivity contribution in [1.82, 2.24) is 4.57 Å². The summed E-state index contributed by atoms with van der Waals surface area (Å²) >= 11 is 4.87. The third-order valence-electron chi connectivity index (χ3n) is 6.12. The summed E-state index contributed by atoms with van der Waals surface area (Å²) in [5, 5.41) is 2.04. The standard InChI is InChI=1S/C26H20N2OS3/c1-30-18-11-8-17(9-12-18)24-21-13-10-16-5-2-3-7-20(16)23(21)27-26-28(24)25(29)22(32-26)15-19-6-4-14-31-19/h2-9,11-12,14-15,24H,10,13H2,1H3/b22-15-/t24-/m1/s1. The molecule has 2 aromatic heterocycles. The summed E-state index contributed by atoms with van der Waals surface area (Å²) in [5.74, 6) is 0. The van der Waals surface area contributed by atoms with E-state index in [1.54, 1.807) is 23.1 Å². The van der Waals surface area contributed by atoms with Crippen LogP contribution in [0, 0.1) is 0 Å². The monoisotopic (exact) mass is 472 g/mol. The van der Waals surface area contributed by atoms with Gasteiger partial charge in [-0.15, -0.1) is 23.1 Å². The van der Waals surface area contributed by atoms with Crippen LogP contribution in [0.15, 0.2) is 86.3 Å². The Morgan fingerprint density at radius 1 is 1.06 bits per heavy atom. The van der Waals surface area contributed by atoms with Gasteiger partial charge in [0.05, 0.1) is 16.3 Å². The fourth-order valence-electron chi connectivity index (χ4n) is 4.61. The van der Waals surface area contributed by atoms with Gasteiger partial charge in [-0.25, -0.2) is 4.99 Å². The lowest BCUT2D eigenvalue weighted by Crippen LogP contribution is -2.38. The van der Waals surface area contributed by atoms with Crippen LogP contribution < -0.4 is 14.9 Å². The summed E-state index contributed by atoms with van der Waals surface area (Å²) in [6.07, 6.45) is 5.98. The van der Waals surface area contributed by atoms with E-state index in [2.05, 4.69) is 54.8 Å². The molecule has 0 unspecified atom stereocenters. The fraction of sp³-hybridized carbons (Fsp3) is 0.154. The van der Waals surface area contributed by atoms with Crippen LogP contribution in [0.2, 0.25) is 0 Å². The molecule has 0 radical (unpaired) electrons. The Labute approximate surface area is 198 Å². The number of hydrogen-bond acceptors (Lipinski definition) is 5. The molecular weight excluding hydrogens is 453 g/mol. The summed E-state index contributed by atoms with van der Waals surface area (Å²) in [4.78, 5) is 21.8. The number of fused-ring (bicyclic) bond motifs is 3. The van der Waals surface area contributed by atoms with Crippen molar-refractivity contribution in [2.24, 2.45) is 4.99 Å². The van der Waals surface area contributed by atoms with Crippen LogP contribution in [0.5, 0.6) is 0 Å². The number of aromatic nitrogens is 1. The van der Waals surface area contributed by atoms with Crippen molar-refractivity contribution in [3.63, 3.8) is 0 Å². The number of thioether (sulfide) groups is 1. The third-order valence-corrected chi connectivity index (χ3v) is 8.67. The second-order valence-electron chi connectivity index (χ2n) is 7.90. The molecule has 1 aliphatic carbocycles. The van der Waals surface area contributed by atoms with Crippen molar-refractivity contribution >= 4 is 46.2 Å². The average Bonchev–Trinajstić information content (AvgIpc) is 3.46. The van der Waals surface area contributed by atoms with Gasteiger partial charge in [0.25, 0.3) is 5.56 Å². The van der Waals surface area contributed by atoms with Gasteiger partial charge in [0.1, 0.15) is 0 Å². The van der Waals surface area contributed by atoms with Crippen molar-refractivity contribution in [3.8, 4) is 0 Å². The Hall–Kier alpha value is -2.67. The zero-order valence-corrected chi connectivity index (χ0v) is 19.9. The molecule has 6 heteroatoms. The molecule has 32 heavy (non-hydrogen) atoms. The Kier molecular flexibility index (Phi) is 5.01. The van der Waals surface area contributed by atoms with Crippen molar-refractivity contribution in [2.75, 3.05) is 6.26 Å². The van der Waals surface area contributed by atoms with Crippen LogP contribution in [0.25, 0.3) is 11.8 Å². The number of benzene rings is 2. The smallest absolute Gasteiger partial charge is 0.271 e. The lowest BCUT2D eigenvalue weighted by molar-refractivity contribution is 0.585. The number of aryl methyl sites for hydroxylation is 1. The minimum absolute atomic E-state index is 0.0477. The van der Waals surface area contributed by atoms with Crippen LogP contribution in [0.4, 0.5) is 0 Å². The maximum absolute atomic E-state index is 13.6. The van der Waals surface area contributed by atoms with E-state index in [1.807, 2.05) is 28.2 Å². The first kappa shape index (κ1) is 20.0. The summed E-state index contributed by atoms with van der Waals surface area (Å²) < 4.78 is 2.66. The van der Waals surface area contributed by atoms with Crippen molar-refractivity contribution in [2.45, 2.75) is 23.8 Å². The highest BCUT2D eigenvalue weighted by Crippen LogP contribution is 2.41. The van der Waals surface area contributed by atoms with Gasteiger partial charge in [0.2, 0.25) is 0 Å². The van der Waals surface area contributed by atoms with Crippen molar-refractivity contribution in [1.29, 1.82) is 0 Å². The summed E-state index contributed by atoms with van der Waals surface area (Å²) in [6, 6.07) is 21.1. The molecular formula is C26H20N2OS3. The molecule has 0 spiro atoms. The minimum Gasteiger partial charge on any atom is -0.272 e. The molecule has 0 fully saturated rings. The number of thiazole rings is 1.